The zero-order valence-electron chi connectivity index (χ0n) is 9.63. The molecule has 0 aromatic carbocycles. The first-order valence-corrected chi connectivity index (χ1v) is 6.10. The predicted octanol–water partition coefficient (Wildman–Crippen LogP) is 2.32. The maximum Gasteiger partial charge on any atom is 0.0512 e. The van der Waals surface area contributed by atoms with Gasteiger partial charge in [-0.3, -0.25) is 0 Å². The standard InChI is InChI=1S/C12H25NO/c1-10(9-12-6-3-7-12)13-8-4-5-11(2)14/h10-14H,3-9H2,1-2H3. The molecule has 0 aromatic heterocycles. The summed E-state index contributed by atoms with van der Waals surface area (Å²) >= 11 is 0. The smallest absolute Gasteiger partial charge is 0.0512 e. The Labute approximate surface area is 88.1 Å². The fourth-order valence-electron chi connectivity index (χ4n) is 2.06. The average Bonchev–Trinajstić information content (AvgIpc) is 2.05. The van der Waals surface area contributed by atoms with Gasteiger partial charge < -0.3 is 10.4 Å². The summed E-state index contributed by atoms with van der Waals surface area (Å²) in [5.41, 5.74) is 0. The molecule has 0 aliphatic heterocycles. The SMILES string of the molecule is CC(O)CCCNC(C)CC1CCC1. The van der Waals surface area contributed by atoms with Gasteiger partial charge in [0.05, 0.1) is 6.10 Å². The molecule has 1 rings (SSSR count). The van der Waals surface area contributed by atoms with Crippen molar-refractivity contribution in [1.29, 1.82) is 0 Å². The molecule has 0 radical (unpaired) electrons. The van der Waals surface area contributed by atoms with Crippen LogP contribution in [0.2, 0.25) is 0 Å². The van der Waals surface area contributed by atoms with Crippen LogP contribution >= 0.6 is 0 Å². The van der Waals surface area contributed by atoms with Gasteiger partial charge >= 0.3 is 0 Å². The molecular formula is C12H25NO. The van der Waals surface area contributed by atoms with Crippen molar-refractivity contribution in [3.63, 3.8) is 0 Å². The minimum atomic E-state index is -0.140. The molecule has 14 heavy (non-hydrogen) atoms. The summed E-state index contributed by atoms with van der Waals surface area (Å²) in [6, 6.07) is 0.661. The molecule has 2 atom stereocenters. The minimum absolute atomic E-state index is 0.140. The van der Waals surface area contributed by atoms with E-state index in [0.717, 1.165) is 25.3 Å². The third-order valence-electron chi connectivity index (χ3n) is 3.20. The van der Waals surface area contributed by atoms with E-state index in [9.17, 15) is 0 Å². The molecule has 1 fully saturated rings. The lowest BCUT2D eigenvalue weighted by Gasteiger charge is -2.28. The quantitative estimate of drug-likeness (QED) is 0.617. The second-order valence-electron chi connectivity index (χ2n) is 4.88. The Balaban J connectivity index is 1.89. The molecule has 2 nitrogen and oxygen atoms in total. The molecule has 0 heterocycles. The van der Waals surface area contributed by atoms with Crippen LogP contribution in [-0.2, 0) is 0 Å². The second kappa shape index (κ2) is 6.41. The number of hydrogen-bond donors (Lipinski definition) is 2. The summed E-state index contributed by atoms with van der Waals surface area (Å²) in [7, 11) is 0. The highest BCUT2D eigenvalue weighted by Gasteiger charge is 2.19. The van der Waals surface area contributed by atoms with Gasteiger partial charge in [-0.2, -0.15) is 0 Å². The number of hydrogen-bond acceptors (Lipinski definition) is 2. The predicted molar refractivity (Wildman–Crippen MR) is 60.3 cm³/mol. The molecule has 2 heteroatoms. The van der Waals surface area contributed by atoms with Crippen LogP contribution < -0.4 is 5.32 Å². The lowest BCUT2D eigenvalue weighted by molar-refractivity contribution is 0.180. The number of aliphatic hydroxyl groups excluding tert-OH is 1. The highest BCUT2D eigenvalue weighted by Crippen LogP contribution is 2.30. The molecule has 0 aromatic rings. The maximum absolute atomic E-state index is 9.08. The third kappa shape index (κ3) is 4.97. The molecule has 0 bridgehead atoms. The highest BCUT2D eigenvalue weighted by atomic mass is 16.3. The van der Waals surface area contributed by atoms with Crippen molar-refractivity contribution in [2.45, 2.75) is 64.5 Å². The zero-order chi connectivity index (χ0) is 10.4. The van der Waals surface area contributed by atoms with Crippen LogP contribution in [0, 0.1) is 5.92 Å². The van der Waals surface area contributed by atoms with Crippen molar-refractivity contribution in [3.8, 4) is 0 Å². The van der Waals surface area contributed by atoms with E-state index in [1.807, 2.05) is 6.92 Å². The topological polar surface area (TPSA) is 32.3 Å². The summed E-state index contributed by atoms with van der Waals surface area (Å²) in [6.45, 7) is 5.19. The first-order valence-electron chi connectivity index (χ1n) is 6.10. The van der Waals surface area contributed by atoms with E-state index in [-0.39, 0.29) is 6.10 Å². The molecule has 2 N–H and O–H groups in total. The largest absolute Gasteiger partial charge is 0.393 e. The Hall–Kier alpha value is -0.0800. The van der Waals surface area contributed by atoms with E-state index in [1.165, 1.54) is 25.7 Å². The summed E-state index contributed by atoms with van der Waals surface area (Å²) in [6.07, 6.45) is 7.54. The van der Waals surface area contributed by atoms with Gasteiger partial charge in [-0.25, -0.2) is 0 Å². The maximum atomic E-state index is 9.08. The zero-order valence-corrected chi connectivity index (χ0v) is 9.63. The Morgan fingerprint density at radius 2 is 2.07 bits per heavy atom. The van der Waals surface area contributed by atoms with Gasteiger partial charge in [0.1, 0.15) is 0 Å². The van der Waals surface area contributed by atoms with Crippen LogP contribution in [0.3, 0.4) is 0 Å². The van der Waals surface area contributed by atoms with Gasteiger partial charge in [0, 0.05) is 6.04 Å². The molecular weight excluding hydrogens is 174 g/mol. The lowest BCUT2D eigenvalue weighted by Crippen LogP contribution is -2.31. The van der Waals surface area contributed by atoms with Crippen LogP contribution in [-0.4, -0.2) is 23.8 Å². The Morgan fingerprint density at radius 3 is 2.57 bits per heavy atom. The van der Waals surface area contributed by atoms with Crippen molar-refractivity contribution in [2.24, 2.45) is 5.92 Å². The first-order chi connectivity index (χ1) is 6.68. The molecule has 1 saturated carbocycles. The number of rotatable bonds is 7. The van der Waals surface area contributed by atoms with Gasteiger partial charge in [0.2, 0.25) is 0 Å². The van der Waals surface area contributed by atoms with Crippen LogP contribution in [0.25, 0.3) is 0 Å². The second-order valence-corrected chi connectivity index (χ2v) is 4.88. The summed E-state index contributed by atoms with van der Waals surface area (Å²) in [4.78, 5) is 0. The van der Waals surface area contributed by atoms with E-state index in [1.54, 1.807) is 0 Å². The van der Waals surface area contributed by atoms with E-state index in [4.69, 9.17) is 5.11 Å². The normalized spacial score (nSPS) is 21.6. The number of nitrogens with one attached hydrogen (secondary N) is 1. The van der Waals surface area contributed by atoms with Crippen molar-refractivity contribution in [1.82, 2.24) is 5.32 Å². The number of aliphatic hydroxyl groups is 1. The lowest BCUT2D eigenvalue weighted by atomic mass is 9.81. The van der Waals surface area contributed by atoms with Gasteiger partial charge in [-0.15, -0.1) is 0 Å². The molecule has 1 aliphatic carbocycles. The molecule has 84 valence electrons. The third-order valence-corrected chi connectivity index (χ3v) is 3.20. The Bertz CT molecular complexity index is 143. The fourth-order valence-corrected chi connectivity index (χ4v) is 2.06. The van der Waals surface area contributed by atoms with Crippen molar-refractivity contribution in [2.75, 3.05) is 6.54 Å². The van der Waals surface area contributed by atoms with Gasteiger partial charge in [0.25, 0.3) is 0 Å². The summed E-state index contributed by atoms with van der Waals surface area (Å²) in [5, 5.41) is 12.6. The Kier molecular flexibility index (Phi) is 5.49. The van der Waals surface area contributed by atoms with Crippen molar-refractivity contribution in [3.05, 3.63) is 0 Å². The van der Waals surface area contributed by atoms with Crippen LogP contribution in [0.4, 0.5) is 0 Å². The molecule has 0 spiro atoms. The molecule has 1 aliphatic rings. The van der Waals surface area contributed by atoms with Gasteiger partial charge in [-0.1, -0.05) is 19.3 Å². The highest BCUT2D eigenvalue weighted by molar-refractivity contribution is 4.74. The molecule has 0 amide bonds. The first kappa shape index (κ1) is 12.0. The van der Waals surface area contributed by atoms with E-state index in [0.29, 0.717) is 6.04 Å². The molecule has 2 unspecified atom stereocenters. The summed E-state index contributed by atoms with van der Waals surface area (Å²) in [5.74, 6) is 0.995. The monoisotopic (exact) mass is 199 g/mol. The van der Waals surface area contributed by atoms with Gasteiger partial charge in [0.15, 0.2) is 0 Å². The fraction of sp³-hybridized carbons (Fsp3) is 1.00. The van der Waals surface area contributed by atoms with Crippen LogP contribution in [0.1, 0.15) is 52.4 Å². The average molecular weight is 199 g/mol. The van der Waals surface area contributed by atoms with Crippen LogP contribution in [0.15, 0.2) is 0 Å². The summed E-state index contributed by atoms with van der Waals surface area (Å²) < 4.78 is 0. The van der Waals surface area contributed by atoms with E-state index < -0.39 is 0 Å². The van der Waals surface area contributed by atoms with Crippen molar-refractivity contribution >= 4 is 0 Å². The van der Waals surface area contributed by atoms with E-state index in [2.05, 4.69) is 12.2 Å². The van der Waals surface area contributed by atoms with Crippen molar-refractivity contribution < 1.29 is 5.11 Å². The van der Waals surface area contributed by atoms with Crippen LogP contribution in [0.5, 0.6) is 0 Å². The minimum Gasteiger partial charge on any atom is -0.393 e. The van der Waals surface area contributed by atoms with Gasteiger partial charge in [-0.05, 0) is 45.6 Å². The molecule has 0 saturated heterocycles. The van der Waals surface area contributed by atoms with E-state index >= 15 is 0 Å². The Morgan fingerprint density at radius 1 is 1.36 bits per heavy atom.